The van der Waals surface area contributed by atoms with Crippen molar-refractivity contribution in [3.63, 3.8) is 0 Å². The Balaban J connectivity index is 3.03. The standard InChI is InChI=1S/C13H19NO3S2/c1-8(11(7-15)19-3)14-9-5-4-6-10(18-2)12(9)13(16)17/h4-6,8,11,14-15H,7H2,1-3H3,(H,16,17). The first kappa shape index (κ1) is 16.2. The number of aliphatic hydroxyl groups is 1. The summed E-state index contributed by atoms with van der Waals surface area (Å²) in [5.41, 5.74) is 0.888. The van der Waals surface area contributed by atoms with Crippen LogP contribution in [0.5, 0.6) is 0 Å². The molecule has 4 nitrogen and oxygen atoms in total. The third-order valence-corrected chi connectivity index (χ3v) is 4.83. The summed E-state index contributed by atoms with van der Waals surface area (Å²) >= 11 is 2.97. The van der Waals surface area contributed by atoms with Gasteiger partial charge in [-0.15, -0.1) is 11.8 Å². The van der Waals surface area contributed by atoms with Gasteiger partial charge in [0.15, 0.2) is 0 Å². The van der Waals surface area contributed by atoms with Crippen LogP contribution in [0, 0.1) is 0 Å². The highest BCUT2D eigenvalue weighted by Crippen LogP contribution is 2.28. The second kappa shape index (κ2) is 7.67. The van der Waals surface area contributed by atoms with Crippen molar-refractivity contribution in [1.29, 1.82) is 0 Å². The van der Waals surface area contributed by atoms with Crippen molar-refractivity contribution in [2.45, 2.75) is 23.1 Å². The average molecular weight is 301 g/mol. The molecule has 2 atom stereocenters. The zero-order valence-corrected chi connectivity index (χ0v) is 12.8. The smallest absolute Gasteiger partial charge is 0.338 e. The Bertz CT molecular complexity index is 436. The normalized spacial score (nSPS) is 13.9. The molecule has 0 aliphatic heterocycles. The average Bonchev–Trinajstić information content (AvgIpc) is 2.39. The summed E-state index contributed by atoms with van der Waals surface area (Å²) in [5, 5.41) is 21.8. The molecule has 1 rings (SSSR count). The number of aliphatic hydroxyl groups excluding tert-OH is 1. The van der Waals surface area contributed by atoms with Gasteiger partial charge in [-0.2, -0.15) is 11.8 Å². The van der Waals surface area contributed by atoms with E-state index >= 15 is 0 Å². The van der Waals surface area contributed by atoms with Crippen molar-refractivity contribution in [2.24, 2.45) is 0 Å². The molecule has 19 heavy (non-hydrogen) atoms. The molecule has 0 aliphatic carbocycles. The molecule has 2 unspecified atom stereocenters. The second-order valence-electron chi connectivity index (χ2n) is 4.08. The number of carboxylic acid groups (broad SMARTS) is 1. The van der Waals surface area contributed by atoms with Gasteiger partial charge in [0.25, 0.3) is 0 Å². The fourth-order valence-electron chi connectivity index (χ4n) is 1.82. The van der Waals surface area contributed by atoms with Gasteiger partial charge in [-0.1, -0.05) is 6.07 Å². The molecule has 0 saturated carbocycles. The SMILES string of the molecule is CSc1cccc(NC(C)C(CO)SC)c1C(=O)O. The van der Waals surface area contributed by atoms with Crippen LogP contribution in [0.25, 0.3) is 0 Å². The monoisotopic (exact) mass is 301 g/mol. The quantitative estimate of drug-likeness (QED) is 0.673. The number of rotatable bonds is 7. The Kier molecular flexibility index (Phi) is 6.54. The first-order valence-electron chi connectivity index (χ1n) is 5.85. The highest BCUT2D eigenvalue weighted by Gasteiger charge is 2.20. The lowest BCUT2D eigenvalue weighted by Gasteiger charge is -2.23. The minimum atomic E-state index is -0.940. The zero-order chi connectivity index (χ0) is 14.4. The van der Waals surface area contributed by atoms with E-state index in [1.54, 1.807) is 23.9 Å². The fraction of sp³-hybridized carbons (Fsp3) is 0.462. The number of nitrogens with one attached hydrogen (secondary N) is 1. The lowest BCUT2D eigenvalue weighted by Crippen LogP contribution is -2.31. The molecule has 106 valence electrons. The molecule has 1 aromatic rings. The van der Waals surface area contributed by atoms with E-state index in [0.717, 1.165) is 4.90 Å². The highest BCUT2D eigenvalue weighted by atomic mass is 32.2. The molecule has 1 aromatic carbocycles. The number of carboxylic acids is 1. The molecule has 6 heteroatoms. The Morgan fingerprint density at radius 2 is 2.11 bits per heavy atom. The van der Waals surface area contributed by atoms with E-state index in [0.29, 0.717) is 11.3 Å². The van der Waals surface area contributed by atoms with E-state index in [-0.39, 0.29) is 17.9 Å². The third-order valence-electron chi connectivity index (χ3n) is 2.88. The van der Waals surface area contributed by atoms with Crippen molar-refractivity contribution in [3.05, 3.63) is 23.8 Å². The van der Waals surface area contributed by atoms with Gasteiger partial charge in [0.05, 0.1) is 17.9 Å². The van der Waals surface area contributed by atoms with Crippen molar-refractivity contribution in [1.82, 2.24) is 0 Å². The number of benzene rings is 1. The van der Waals surface area contributed by atoms with Gasteiger partial charge < -0.3 is 15.5 Å². The maximum atomic E-state index is 11.4. The van der Waals surface area contributed by atoms with E-state index in [1.807, 2.05) is 25.5 Å². The minimum absolute atomic E-state index is 0.0183. The van der Waals surface area contributed by atoms with Crippen LogP contribution in [-0.4, -0.2) is 46.6 Å². The van der Waals surface area contributed by atoms with E-state index in [4.69, 9.17) is 0 Å². The predicted molar refractivity (Wildman–Crippen MR) is 82.7 cm³/mol. The van der Waals surface area contributed by atoms with E-state index in [1.165, 1.54) is 11.8 Å². The maximum Gasteiger partial charge on any atom is 0.338 e. The Morgan fingerprint density at radius 3 is 2.58 bits per heavy atom. The second-order valence-corrected chi connectivity index (χ2v) is 6.00. The van der Waals surface area contributed by atoms with Crippen molar-refractivity contribution in [2.75, 3.05) is 24.4 Å². The Labute approximate surface area is 122 Å². The maximum absolute atomic E-state index is 11.4. The van der Waals surface area contributed by atoms with E-state index < -0.39 is 5.97 Å². The van der Waals surface area contributed by atoms with Gasteiger partial charge in [-0.05, 0) is 31.6 Å². The molecule has 0 aromatic heterocycles. The summed E-state index contributed by atoms with van der Waals surface area (Å²) in [4.78, 5) is 12.1. The lowest BCUT2D eigenvalue weighted by atomic mass is 10.1. The lowest BCUT2D eigenvalue weighted by molar-refractivity contribution is 0.0694. The Hall–Kier alpha value is -0.850. The topological polar surface area (TPSA) is 69.6 Å². The fourth-order valence-corrected chi connectivity index (χ4v) is 3.06. The number of carbonyl (C=O) groups is 1. The minimum Gasteiger partial charge on any atom is -0.478 e. The van der Waals surface area contributed by atoms with Crippen LogP contribution in [-0.2, 0) is 0 Å². The van der Waals surface area contributed by atoms with Gasteiger partial charge in [0, 0.05) is 16.2 Å². The number of thioether (sulfide) groups is 2. The van der Waals surface area contributed by atoms with Gasteiger partial charge in [-0.3, -0.25) is 0 Å². The molecule has 3 N–H and O–H groups in total. The van der Waals surface area contributed by atoms with Gasteiger partial charge >= 0.3 is 5.97 Å². The molecule has 0 bridgehead atoms. The summed E-state index contributed by atoms with van der Waals surface area (Å²) in [5.74, 6) is -0.940. The van der Waals surface area contributed by atoms with E-state index in [2.05, 4.69) is 5.32 Å². The summed E-state index contributed by atoms with van der Waals surface area (Å²) < 4.78 is 0. The first-order valence-corrected chi connectivity index (χ1v) is 8.36. The predicted octanol–water partition coefficient (Wildman–Crippen LogP) is 2.63. The molecular formula is C13H19NO3S2. The van der Waals surface area contributed by atoms with Gasteiger partial charge in [0.2, 0.25) is 0 Å². The van der Waals surface area contributed by atoms with Crippen molar-refractivity contribution >= 4 is 35.2 Å². The molecule has 0 radical (unpaired) electrons. The summed E-state index contributed by atoms with van der Waals surface area (Å²) in [6, 6.07) is 5.37. The molecule has 0 heterocycles. The van der Waals surface area contributed by atoms with Crippen LogP contribution in [0.3, 0.4) is 0 Å². The largest absolute Gasteiger partial charge is 0.478 e. The molecule has 0 spiro atoms. The number of anilines is 1. The number of aromatic carboxylic acids is 1. The van der Waals surface area contributed by atoms with Crippen LogP contribution in [0.4, 0.5) is 5.69 Å². The van der Waals surface area contributed by atoms with Gasteiger partial charge in [-0.25, -0.2) is 4.79 Å². The van der Waals surface area contributed by atoms with Crippen LogP contribution in [0.15, 0.2) is 23.1 Å². The van der Waals surface area contributed by atoms with Crippen LogP contribution < -0.4 is 5.32 Å². The molecule has 0 saturated heterocycles. The third kappa shape index (κ3) is 4.06. The number of hydrogen-bond acceptors (Lipinski definition) is 5. The molecular weight excluding hydrogens is 282 g/mol. The molecule has 0 aliphatic rings. The zero-order valence-electron chi connectivity index (χ0n) is 11.2. The van der Waals surface area contributed by atoms with Gasteiger partial charge in [0.1, 0.15) is 0 Å². The molecule has 0 amide bonds. The van der Waals surface area contributed by atoms with Crippen molar-refractivity contribution < 1.29 is 15.0 Å². The van der Waals surface area contributed by atoms with Crippen molar-refractivity contribution in [3.8, 4) is 0 Å². The first-order chi connectivity index (χ1) is 9.04. The van der Waals surface area contributed by atoms with Crippen LogP contribution in [0.2, 0.25) is 0 Å². The van der Waals surface area contributed by atoms with Crippen LogP contribution >= 0.6 is 23.5 Å². The summed E-state index contributed by atoms with van der Waals surface area (Å²) in [7, 11) is 0. The number of hydrogen-bond donors (Lipinski definition) is 3. The van der Waals surface area contributed by atoms with E-state index in [9.17, 15) is 15.0 Å². The Morgan fingerprint density at radius 1 is 1.42 bits per heavy atom. The highest BCUT2D eigenvalue weighted by molar-refractivity contribution is 7.99. The summed E-state index contributed by atoms with van der Waals surface area (Å²) in [6.07, 6.45) is 3.78. The molecule has 0 fully saturated rings. The summed E-state index contributed by atoms with van der Waals surface area (Å²) in [6.45, 7) is 1.99. The van der Waals surface area contributed by atoms with Crippen LogP contribution in [0.1, 0.15) is 17.3 Å².